The van der Waals surface area contributed by atoms with Crippen molar-refractivity contribution in [3.63, 3.8) is 0 Å². The Bertz CT molecular complexity index is 737. The van der Waals surface area contributed by atoms with Gasteiger partial charge in [-0.05, 0) is 36.4 Å². The van der Waals surface area contributed by atoms with Gasteiger partial charge in [0.15, 0.2) is 22.8 Å². The van der Waals surface area contributed by atoms with Crippen LogP contribution < -0.4 is 0 Å². The highest BCUT2D eigenvalue weighted by molar-refractivity contribution is 6.35. The van der Waals surface area contributed by atoms with Crippen LogP contribution in [0.1, 0.15) is 0 Å². The fourth-order valence-corrected chi connectivity index (χ4v) is 2.10. The molecule has 4 nitrogen and oxygen atoms in total. The lowest BCUT2D eigenvalue weighted by Crippen LogP contribution is -1.74. The van der Waals surface area contributed by atoms with Crippen molar-refractivity contribution in [3.05, 3.63) is 41.4 Å². The Morgan fingerprint density at radius 3 is 2.26 bits per heavy atom. The van der Waals surface area contributed by atoms with Crippen molar-refractivity contribution in [2.24, 2.45) is 0 Å². The molecule has 96 valence electrons. The topological polar surface area (TPSA) is 73.8 Å². The molecule has 2 aromatic carbocycles. The molecule has 5 heteroatoms. The molecule has 0 amide bonds. The standard InChI is InChI=1S/C14H9ClO4/c15-9-2-4-11(17)14-8(9)6-13(19-14)7-1-3-10(16)12(18)5-7/h1-6,16-18H. The van der Waals surface area contributed by atoms with Gasteiger partial charge in [0.25, 0.3) is 0 Å². The van der Waals surface area contributed by atoms with Gasteiger partial charge in [0, 0.05) is 10.9 Å². The molecule has 0 aliphatic carbocycles. The smallest absolute Gasteiger partial charge is 0.177 e. The minimum absolute atomic E-state index is 0.00588. The lowest BCUT2D eigenvalue weighted by molar-refractivity contribution is 0.404. The second-order valence-corrected chi connectivity index (χ2v) is 4.53. The molecule has 19 heavy (non-hydrogen) atoms. The van der Waals surface area contributed by atoms with Crippen LogP contribution in [0.15, 0.2) is 40.8 Å². The number of benzene rings is 2. The summed E-state index contributed by atoms with van der Waals surface area (Å²) in [7, 11) is 0. The summed E-state index contributed by atoms with van der Waals surface area (Å²) in [6, 6.07) is 9.03. The van der Waals surface area contributed by atoms with Crippen molar-refractivity contribution in [1.82, 2.24) is 0 Å². The Morgan fingerprint density at radius 2 is 1.58 bits per heavy atom. The number of halogens is 1. The molecule has 0 radical (unpaired) electrons. The second-order valence-electron chi connectivity index (χ2n) is 4.12. The predicted molar refractivity (Wildman–Crippen MR) is 71.7 cm³/mol. The summed E-state index contributed by atoms with van der Waals surface area (Å²) >= 11 is 6.03. The zero-order valence-corrected chi connectivity index (χ0v) is 10.3. The zero-order valence-electron chi connectivity index (χ0n) is 9.59. The average Bonchev–Trinajstić information content (AvgIpc) is 2.83. The second kappa shape index (κ2) is 4.10. The van der Waals surface area contributed by atoms with E-state index in [0.717, 1.165) is 0 Å². The fourth-order valence-electron chi connectivity index (χ4n) is 1.90. The molecule has 0 saturated carbocycles. The molecule has 0 aliphatic heterocycles. The molecule has 0 fully saturated rings. The highest BCUT2D eigenvalue weighted by Crippen LogP contribution is 2.38. The van der Waals surface area contributed by atoms with Crippen LogP contribution in [0.25, 0.3) is 22.3 Å². The number of fused-ring (bicyclic) bond motifs is 1. The van der Waals surface area contributed by atoms with Gasteiger partial charge in [0.05, 0.1) is 5.02 Å². The van der Waals surface area contributed by atoms with Crippen molar-refractivity contribution in [2.75, 3.05) is 0 Å². The van der Waals surface area contributed by atoms with Gasteiger partial charge in [-0.1, -0.05) is 11.6 Å². The molecular weight excluding hydrogens is 268 g/mol. The van der Waals surface area contributed by atoms with Gasteiger partial charge < -0.3 is 19.7 Å². The van der Waals surface area contributed by atoms with E-state index in [-0.39, 0.29) is 22.8 Å². The van der Waals surface area contributed by atoms with Crippen LogP contribution >= 0.6 is 11.6 Å². The molecular formula is C14H9ClO4. The lowest BCUT2D eigenvalue weighted by atomic mass is 10.1. The SMILES string of the molecule is Oc1ccc(-c2cc3c(Cl)ccc(O)c3o2)cc1O. The van der Waals surface area contributed by atoms with Gasteiger partial charge in [0.1, 0.15) is 5.76 Å². The van der Waals surface area contributed by atoms with E-state index in [1.165, 1.54) is 18.2 Å². The van der Waals surface area contributed by atoms with Gasteiger partial charge in [-0.3, -0.25) is 0 Å². The van der Waals surface area contributed by atoms with Crippen molar-refractivity contribution in [3.8, 4) is 28.6 Å². The number of hydrogen-bond acceptors (Lipinski definition) is 4. The normalized spacial score (nSPS) is 11.0. The van der Waals surface area contributed by atoms with Crippen LogP contribution in [0.2, 0.25) is 5.02 Å². The molecule has 0 unspecified atom stereocenters. The predicted octanol–water partition coefficient (Wildman–Crippen LogP) is 3.87. The van der Waals surface area contributed by atoms with E-state index in [1.54, 1.807) is 18.2 Å². The first kappa shape index (κ1) is 11.7. The van der Waals surface area contributed by atoms with Crippen LogP contribution in [-0.4, -0.2) is 15.3 Å². The largest absolute Gasteiger partial charge is 0.504 e. The van der Waals surface area contributed by atoms with Crippen LogP contribution in [0.4, 0.5) is 0 Å². The van der Waals surface area contributed by atoms with Crippen LogP contribution in [-0.2, 0) is 0 Å². The molecule has 1 heterocycles. The third kappa shape index (κ3) is 1.86. The van der Waals surface area contributed by atoms with Gasteiger partial charge in [-0.2, -0.15) is 0 Å². The Labute approximate surface area is 113 Å². The van der Waals surface area contributed by atoms with Gasteiger partial charge in [0.2, 0.25) is 0 Å². The first-order chi connectivity index (χ1) is 9.06. The Morgan fingerprint density at radius 1 is 0.842 bits per heavy atom. The molecule has 0 spiro atoms. The minimum atomic E-state index is -0.242. The van der Waals surface area contributed by atoms with E-state index >= 15 is 0 Å². The molecule has 3 rings (SSSR count). The summed E-state index contributed by atoms with van der Waals surface area (Å²) in [6.07, 6.45) is 0. The van der Waals surface area contributed by atoms with Crippen molar-refractivity contribution >= 4 is 22.6 Å². The van der Waals surface area contributed by atoms with E-state index in [4.69, 9.17) is 16.0 Å². The highest BCUT2D eigenvalue weighted by atomic mass is 35.5. The van der Waals surface area contributed by atoms with Gasteiger partial charge in [-0.25, -0.2) is 0 Å². The Balaban J connectivity index is 2.23. The first-order valence-corrected chi connectivity index (χ1v) is 5.87. The van der Waals surface area contributed by atoms with Gasteiger partial charge >= 0.3 is 0 Å². The zero-order chi connectivity index (χ0) is 13.6. The van der Waals surface area contributed by atoms with Crippen molar-refractivity contribution in [1.29, 1.82) is 0 Å². The molecule has 3 N–H and O–H groups in total. The minimum Gasteiger partial charge on any atom is -0.504 e. The highest BCUT2D eigenvalue weighted by Gasteiger charge is 2.13. The molecule has 0 saturated heterocycles. The van der Waals surface area contributed by atoms with Crippen molar-refractivity contribution < 1.29 is 19.7 Å². The average molecular weight is 277 g/mol. The number of hydrogen-bond donors (Lipinski definition) is 3. The third-order valence-corrected chi connectivity index (χ3v) is 3.20. The third-order valence-electron chi connectivity index (χ3n) is 2.87. The molecule has 0 atom stereocenters. The lowest BCUT2D eigenvalue weighted by Gasteiger charge is -2.00. The van der Waals surface area contributed by atoms with Crippen molar-refractivity contribution in [2.45, 2.75) is 0 Å². The summed E-state index contributed by atoms with van der Waals surface area (Å²) in [6.45, 7) is 0. The number of aromatic hydroxyl groups is 3. The fraction of sp³-hybridized carbons (Fsp3) is 0. The number of phenols is 3. The van der Waals surface area contributed by atoms with E-state index in [0.29, 0.717) is 21.7 Å². The maximum Gasteiger partial charge on any atom is 0.177 e. The van der Waals surface area contributed by atoms with E-state index in [9.17, 15) is 15.3 Å². The Hall–Kier alpha value is -2.33. The van der Waals surface area contributed by atoms with Crippen LogP contribution in [0.5, 0.6) is 17.2 Å². The molecule has 3 aromatic rings. The van der Waals surface area contributed by atoms with E-state index < -0.39 is 0 Å². The van der Waals surface area contributed by atoms with Crippen LogP contribution in [0.3, 0.4) is 0 Å². The molecule has 1 aromatic heterocycles. The maximum absolute atomic E-state index is 9.71. The summed E-state index contributed by atoms with van der Waals surface area (Å²) < 4.78 is 5.53. The van der Waals surface area contributed by atoms with E-state index in [1.807, 2.05) is 0 Å². The molecule has 0 aliphatic rings. The maximum atomic E-state index is 9.71. The Kier molecular flexibility index (Phi) is 2.54. The van der Waals surface area contributed by atoms with E-state index in [2.05, 4.69) is 0 Å². The quantitative estimate of drug-likeness (QED) is 0.590. The number of rotatable bonds is 1. The molecule has 0 bridgehead atoms. The summed E-state index contributed by atoms with van der Waals surface area (Å²) in [5.74, 6) is -0.0173. The number of phenolic OH excluding ortho intramolecular Hbond substituents is 3. The summed E-state index contributed by atoms with van der Waals surface area (Å²) in [5, 5.41) is 29.5. The first-order valence-electron chi connectivity index (χ1n) is 5.49. The number of furan rings is 1. The summed E-state index contributed by atoms with van der Waals surface area (Å²) in [4.78, 5) is 0. The monoisotopic (exact) mass is 276 g/mol. The van der Waals surface area contributed by atoms with Gasteiger partial charge in [-0.15, -0.1) is 0 Å². The summed E-state index contributed by atoms with van der Waals surface area (Å²) in [5.41, 5.74) is 0.858. The van der Waals surface area contributed by atoms with Crippen LogP contribution in [0, 0.1) is 0 Å².